The minimum absolute atomic E-state index is 0.0775. The fraction of sp³-hybridized carbons (Fsp3) is 0.278. The fourth-order valence-corrected chi connectivity index (χ4v) is 6.74. The van der Waals surface area contributed by atoms with Crippen LogP contribution in [0.3, 0.4) is 0 Å². The van der Waals surface area contributed by atoms with Gasteiger partial charge in [0, 0.05) is 24.0 Å². The molecule has 1 N–H and O–H groups in total. The van der Waals surface area contributed by atoms with Crippen LogP contribution in [0.15, 0.2) is 112 Å². The van der Waals surface area contributed by atoms with Crippen LogP contribution < -0.4 is 9.62 Å². The van der Waals surface area contributed by atoms with Gasteiger partial charge in [0.15, 0.2) is 0 Å². The third kappa shape index (κ3) is 9.05. The Morgan fingerprint density at radius 3 is 2.07 bits per heavy atom. The number of halogens is 1. The van der Waals surface area contributed by atoms with Crippen LogP contribution >= 0.6 is 15.9 Å². The van der Waals surface area contributed by atoms with Crippen molar-refractivity contribution >= 4 is 43.5 Å². The molecule has 0 bridgehead atoms. The zero-order chi connectivity index (χ0) is 32.6. The van der Waals surface area contributed by atoms with E-state index in [9.17, 15) is 18.0 Å². The number of nitrogens with one attached hydrogen (secondary N) is 1. The van der Waals surface area contributed by atoms with E-state index in [1.807, 2.05) is 94.4 Å². The average Bonchev–Trinajstić information content (AvgIpc) is 3.03. The number of nitrogens with zero attached hydrogens (tertiary/aromatic N) is 2. The highest BCUT2D eigenvalue weighted by molar-refractivity contribution is 9.10. The van der Waals surface area contributed by atoms with Crippen molar-refractivity contribution in [1.82, 2.24) is 10.2 Å². The van der Waals surface area contributed by atoms with E-state index in [0.29, 0.717) is 17.8 Å². The number of hydrogen-bond donors (Lipinski definition) is 1. The maximum absolute atomic E-state index is 14.6. The van der Waals surface area contributed by atoms with Crippen LogP contribution in [0, 0.1) is 19.8 Å². The predicted octanol–water partition coefficient (Wildman–Crippen LogP) is 6.67. The summed E-state index contributed by atoms with van der Waals surface area (Å²) in [5.74, 6) is -0.570. The van der Waals surface area contributed by atoms with E-state index in [0.717, 1.165) is 21.2 Å². The SMILES string of the molecule is Cc1ccc(C)c(N(CC(=O)N(Cc2ccc(Br)cc2)[C@@H](Cc2ccccc2)C(=O)NCC(C)C)S(=O)(=O)c2ccccc2)c1. The Hall–Kier alpha value is -3.95. The van der Waals surface area contributed by atoms with Crippen LogP contribution in [0.4, 0.5) is 5.69 Å². The number of carbonyl (C=O) groups excluding carboxylic acids is 2. The van der Waals surface area contributed by atoms with Crippen molar-refractivity contribution in [2.45, 2.75) is 51.6 Å². The molecule has 0 spiro atoms. The number of amides is 2. The summed E-state index contributed by atoms with van der Waals surface area (Å²) in [4.78, 5) is 30.0. The molecule has 0 heterocycles. The lowest BCUT2D eigenvalue weighted by Crippen LogP contribution is -2.53. The van der Waals surface area contributed by atoms with Gasteiger partial charge in [0.1, 0.15) is 12.6 Å². The number of aryl methyl sites for hydroxylation is 2. The smallest absolute Gasteiger partial charge is 0.264 e. The first-order valence-electron chi connectivity index (χ1n) is 15.0. The van der Waals surface area contributed by atoms with Crippen molar-refractivity contribution in [2.75, 3.05) is 17.4 Å². The zero-order valence-corrected chi connectivity index (χ0v) is 28.5. The van der Waals surface area contributed by atoms with E-state index < -0.39 is 28.5 Å². The first kappa shape index (κ1) is 33.9. The molecule has 0 unspecified atom stereocenters. The van der Waals surface area contributed by atoms with Crippen molar-refractivity contribution in [1.29, 1.82) is 0 Å². The summed E-state index contributed by atoms with van der Waals surface area (Å²) >= 11 is 3.47. The summed E-state index contributed by atoms with van der Waals surface area (Å²) in [6, 6.07) is 29.8. The maximum atomic E-state index is 14.6. The van der Waals surface area contributed by atoms with Gasteiger partial charge in [0.25, 0.3) is 10.0 Å². The third-order valence-electron chi connectivity index (χ3n) is 7.47. The molecule has 4 aromatic rings. The van der Waals surface area contributed by atoms with Crippen molar-refractivity contribution in [3.63, 3.8) is 0 Å². The molecule has 7 nitrogen and oxygen atoms in total. The Labute approximate surface area is 275 Å². The van der Waals surface area contributed by atoms with E-state index in [1.165, 1.54) is 21.3 Å². The molecule has 0 aliphatic carbocycles. The van der Waals surface area contributed by atoms with E-state index in [1.54, 1.807) is 24.3 Å². The van der Waals surface area contributed by atoms with Gasteiger partial charge in [-0.25, -0.2) is 8.42 Å². The average molecular weight is 691 g/mol. The quantitative estimate of drug-likeness (QED) is 0.170. The van der Waals surface area contributed by atoms with Crippen molar-refractivity contribution in [2.24, 2.45) is 5.92 Å². The summed E-state index contributed by atoms with van der Waals surface area (Å²) in [7, 11) is -4.15. The number of benzene rings is 4. The Morgan fingerprint density at radius 2 is 1.44 bits per heavy atom. The number of hydrogen-bond acceptors (Lipinski definition) is 4. The molecule has 0 aliphatic rings. The Balaban J connectivity index is 1.82. The Kier molecular flexibility index (Phi) is 11.6. The topological polar surface area (TPSA) is 86.8 Å². The van der Waals surface area contributed by atoms with Gasteiger partial charge in [0.05, 0.1) is 10.6 Å². The highest BCUT2D eigenvalue weighted by atomic mass is 79.9. The van der Waals surface area contributed by atoms with Crippen LogP contribution in [0.5, 0.6) is 0 Å². The van der Waals surface area contributed by atoms with Crippen molar-refractivity contribution < 1.29 is 18.0 Å². The second kappa shape index (κ2) is 15.4. The summed E-state index contributed by atoms with van der Waals surface area (Å²) in [5, 5.41) is 3.02. The van der Waals surface area contributed by atoms with Gasteiger partial charge in [-0.1, -0.05) is 103 Å². The molecule has 0 radical (unpaired) electrons. The van der Waals surface area contributed by atoms with E-state index in [4.69, 9.17) is 0 Å². The molecule has 45 heavy (non-hydrogen) atoms. The van der Waals surface area contributed by atoms with E-state index in [-0.39, 0.29) is 29.7 Å². The van der Waals surface area contributed by atoms with E-state index >= 15 is 0 Å². The maximum Gasteiger partial charge on any atom is 0.264 e. The largest absolute Gasteiger partial charge is 0.354 e. The molecule has 4 rings (SSSR count). The molecule has 4 aromatic carbocycles. The Morgan fingerprint density at radius 1 is 0.822 bits per heavy atom. The highest BCUT2D eigenvalue weighted by Crippen LogP contribution is 2.29. The molecular weight excluding hydrogens is 650 g/mol. The molecule has 0 fully saturated rings. The van der Waals surface area contributed by atoms with E-state index in [2.05, 4.69) is 21.2 Å². The third-order valence-corrected chi connectivity index (χ3v) is 9.77. The molecule has 236 valence electrons. The van der Waals surface area contributed by atoms with Gasteiger partial charge in [-0.15, -0.1) is 0 Å². The fourth-order valence-electron chi connectivity index (χ4n) is 4.98. The summed E-state index contributed by atoms with van der Waals surface area (Å²) in [6.45, 7) is 7.80. The normalized spacial score (nSPS) is 12.0. The van der Waals surface area contributed by atoms with Gasteiger partial charge in [-0.05, 0) is 72.4 Å². The minimum Gasteiger partial charge on any atom is -0.354 e. The number of carbonyl (C=O) groups is 2. The Bertz CT molecular complexity index is 1700. The molecule has 0 saturated carbocycles. The minimum atomic E-state index is -4.15. The molecule has 0 aliphatic heterocycles. The second-order valence-electron chi connectivity index (χ2n) is 11.6. The molecule has 1 atom stereocenters. The first-order valence-corrected chi connectivity index (χ1v) is 17.2. The standard InChI is InChI=1S/C36H40BrN3O4S/c1-26(2)23-38-36(42)34(22-29-11-7-5-8-12-29)39(24-30-17-19-31(37)20-18-30)35(41)25-40(33-21-27(3)15-16-28(33)4)45(43,44)32-13-9-6-10-14-32/h5-21,26,34H,22-25H2,1-4H3,(H,38,42)/t34-/m0/s1. The second-order valence-corrected chi connectivity index (χ2v) is 14.4. The number of rotatable bonds is 13. The van der Waals surface area contributed by atoms with Crippen LogP contribution in [0.2, 0.25) is 0 Å². The van der Waals surface area contributed by atoms with Crippen molar-refractivity contribution in [3.8, 4) is 0 Å². The molecular formula is C36H40BrN3O4S. The summed E-state index contributed by atoms with van der Waals surface area (Å²) < 4.78 is 30.4. The number of anilines is 1. The zero-order valence-electron chi connectivity index (χ0n) is 26.1. The molecule has 2 amide bonds. The monoisotopic (exact) mass is 689 g/mol. The number of sulfonamides is 1. The first-order chi connectivity index (χ1) is 21.5. The lowest BCUT2D eigenvalue weighted by atomic mass is 10.0. The predicted molar refractivity (Wildman–Crippen MR) is 183 cm³/mol. The van der Waals surface area contributed by atoms with Gasteiger partial charge >= 0.3 is 0 Å². The lowest BCUT2D eigenvalue weighted by molar-refractivity contribution is -0.140. The summed E-state index contributed by atoms with van der Waals surface area (Å²) in [6.07, 6.45) is 0.266. The van der Waals surface area contributed by atoms with Crippen molar-refractivity contribution in [3.05, 3.63) is 130 Å². The highest BCUT2D eigenvalue weighted by Gasteiger charge is 2.35. The van der Waals surface area contributed by atoms with Crippen LogP contribution in [-0.4, -0.2) is 44.3 Å². The van der Waals surface area contributed by atoms with Gasteiger partial charge in [0.2, 0.25) is 11.8 Å². The van der Waals surface area contributed by atoms with Gasteiger partial charge in [-0.2, -0.15) is 0 Å². The lowest BCUT2D eigenvalue weighted by Gasteiger charge is -2.34. The van der Waals surface area contributed by atoms with Gasteiger partial charge < -0.3 is 10.2 Å². The van der Waals surface area contributed by atoms with Crippen LogP contribution in [-0.2, 0) is 32.6 Å². The molecule has 0 aromatic heterocycles. The molecule has 9 heteroatoms. The molecule has 0 saturated heterocycles. The van der Waals surface area contributed by atoms with Gasteiger partial charge in [-0.3, -0.25) is 13.9 Å². The van der Waals surface area contributed by atoms with Crippen LogP contribution in [0.25, 0.3) is 0 Å². The van der Waals surface area contributed by atoms with Crippen LogP contribution in [0.1, 0.15) is 36.1 Å². The summed E-state index contributed by atoms with van der Waals surface area (Å²) in [5.41, 5.74) is 3.69.